The molecule has 7 heteroatoms. The minimum absolute atomic E-state index is 0.0185. The van der Waals surface area contributed by atoms with E-state index in [1.165, 1.54) is 9.80 Å². The third kappa shape index (κ3) is 3.40. The lowest BCUT2D eigenvalue weighted by Crippen LogP contribution is -2.46. The number of likely N-dealkylation sites (tertiary alicyclic amines) is 1. The number of carbonyl (C=O) groups excluding carboxylic acids is 2. The van der Waals surface area contributed by atoms with Crippen molar-refractivity contribution in [1.82, 2.24) is 15.1 Å². The molecule has 0 saturated carbocycles. The maximum atomic E-state index is 12.2. The van der Waals surface area contributed by atoms with Gasteiger partial charge in [0.25, 0.3) is 0 Å². The zero-order chi connectivity index (χ0) is 15.3. The van der Waals surface area contributed by atoms with Crippen molar-refractivity contribution in [3.05, 3.63) is 0 Å². The van der Waals surface area contributed by atoms with Gasteiger partial charge in [-0.1, -0.05) is 6.92 Å². The summed E-state index contributed by atoms with van der Waals surface area (Å²) in [5, 5.41) is 11.9. The first-order chi connectivity index (χ1) is 9.36. The Kier molecular flexibility index (Phi) is 5.35. The smallest absolute Gasteiger partial charge is 0.320 e. The van der Waals surface area contributed by atoms with Crippen molar-refractivity contribution < 1.29 is 19.5 Å². The van der Waals surface area contributed by atoms with Gasteiger partial charge in [0.2, 0.25) is 5.91 Å². The van der Waals surface area contributed by atoms with Crippen LogP contribution >= 0.6 is 0 Å². The molecule has 0 radical (unpaired) electrons. The Morgan fingerprint density at radius 2 is 2.00 bits per heavy atom. The molecule has 1 aliphatic heterocycles. The van der Waals surface area contributed by atoms with E-state index in [0.29, 0.717) is 25.9 Å². The summed E-state index contributed by atoms with van der Waals surface area (Å²) in [6, 6.07) is -0.298. The highest BCUT2D eigenvalue weighted by Gasteiger charge is 2.45. The lowest BCUT2D eigenvalue weighted by atomic mass is 9.84. The first-order valence-electron chi connectivity index (χ1n) is 6.86. The number of carboxylic acid groups (broad SMARTS) is 1. The summed E-state index contributed by atoms with van der Waals surface area (Å²) in [5.74, 6) is -1.08. The van der Waals surface area contributed by atoms with Crippen LogP contribution in [0, 0.1) is 5.41 Å². The summed E-state index contributed by atoms with van der Waals surface area (Å²) in [7, 11) is 1.55. The number of hydrogen-bond donors (Lipinski definition) is 2. The van der Waals surface area contributed by atoms with Crippen LogP contribution in [0.1, 0.15) is 26.7 Å². The molecule has 1 rings (SSSR count). The van der Waals surface area contributed by atoms with E-state index in [4.69, 9.17) is 0 Å². The predicted octanol–water partition coefficient (Wildman–Crippen LogP) is 0.361. The molecule has 1 heterocycles. The predicted molar refractivity (Wildman–Crippen MR) is 73.3 cm³/mol. The van der Waals surface area contributed by atoms with Gasteiger partial charge in [0.1, 0.15) is 6.54 Å². The second kappa shape index (κ2) is 6.58. The van der Waals surface area contributed by atoms with Crippen molar-refractivity contribution in [3.8, 4) is 0 Å². The number of rotatable bonds is 5. The van der Waals surface area contributed by atoms with Crippen LogP contribution in [-0.2, 0) is 9.59 Å². The van der Waals surface area contributed by atoms with Gasteiger partial charge >= 0.3 is 12.0 Å². The number of amides is 3. The van der Waals surface area contributed by atoms with Gasteiger partial charge in [0.15, 0.2) is 0 Å². The molecule has 1 aliphatic rings. The lowest BCUT2D eigenvalue weighted by Gasteiger charge is -2.26. The summed E-state index contributed by atoms with van der Waals surface area (Å²) < 4.78 is 0. The molecule has 0 aromatic carbocycles. The van der Waals surface area contributed by atoms with E-state index in [1.54, 1.807) is 7.05 Å². The highest BCUT2D eigenvalue weighted by Crippen LogP contribution is 2.34. The molecule has 0 aromatic rings. The van der Waals surface area contributed by atoms with Crippen LogP contribution in [0.3, 0.4) is 0 Å². The van der Waals surface area contributed by atoms with Gasteiger partial charge < -0.3 is 20.2 Å². The fourth-order valence-electron chi connectivity index (χ4n) is 2.43. The highest BCUT2D eigenvalue weighted by atomic mass is 16.4. The van der Waals surface area contributed by atoms with E-state index in [1.807, 2.05) is 13.8 Å². The monoisotopic (exact) mass is 285 g/mol. The fraction of sp³-hybridized carbons (Fsp3) is 0.769. The van der Waals surface area contributed by atoms with Gasteiger partial charge in [-0.15, -0.1) is 0 Å². The molecule has 0 bridgehead atoms. The third-order valence-corrected chi connectivity index (χ3v) is 3.84. The molecular weight excluding hydrogens is 262 g/mol. The first-order valence-corrected chi connectivity index (χ1v) is 6.86. The van der Waals surface area contributed by atoms with Gasteiger partial charge in [-0.3, -0.25) is 9.59 Å². The van der Waals surface area contributed by atoms with E-state index in [-0.39, 0.29) is 25.0 Å². The molecule has 1 unspecified atom stereocenters. The standard InChI is InChI=1S/C13H23N3O4/c1-4-13(11(18)19)6-7-16(9-13)12(20)15(3)8-10(17)14-5-2/h4-9H2,1-3H3,(H,14,17)(H,18,19). The van der Waals surface area contributed by atoms with Gasteiger partial charge in [0, 0.05) is 26.7 Å². The SMILES string of the molecule is CCNC(=O)CN(C)C(=O)N1CCC(CC)(C(=O)O)C1. The maximum absolute atomic E-state index is 12.2. The van der Waals surface area contributed by atoms with Crippen LogP contribution in [0.4, 0.5) is 4.79 Å². The number of carboxylic acids is 1. The largest absolute Gasteiger partial charge is 0.481 e. The Morgan fingerprint density at radius 1 is 1.35 bits per heavy atom. The number of nitrogens with one attached hydrogen (secondary N) is 1. The maximum Gasteiger partial charge on any atom is 0.320 e. The summed E-state index contributed by atoms with van der Waals surface area (Å²) >= 11 is 0. The average Bonchev–Trinajstić information content (AvgIpc) is 2.83. The summed E-state index contributed by atoms with van der Waals surface area (Å²) in [6.45, 7) is 4.75. The summed E-state index contributed by atoms with van der Waals surface area (Å²) in [6.07, 6.45) is 0.950. The number of urea groups is 1. The van der Waals surface area contributed by atoms with E-state index in [0.717, 1.165) is 0 Å². The third-order valence-electron chi connectivity index (χ3n) is 3.84. The topological polar surface area (TPSA) is 90.0 Å². The van der Waals surface area contributed by atoms with Gasteiger partial charge in [-0.05, 0) is 19.8 Å². The van der Waals surface area contributed by atoms with Crippen molar-refractivity contribution in [2.75, 3.05) is 33.2 Å². The van der Waals surface area contributed by atoms with Crippen LogP contribution in [0.2, 0.25) is 0 Å². The molecule has 0 aliphatic carbocycles. The molecule has 2 N–H and O–H groups in total. The first kappa shape index (κ1) is 16.3. The van der Waals surface area contributed by atoms with Gasteiger partial charge in [-0.25, -0.2) is 4.79 Å². The van der Waals surface area contributed by atoms with Crippen molar-refractivity contribution in [1.29, 1.82) is 0 Å². The average molecular weight is 285 g/mol. The number of likely N-dealkylation sites (N-methyl/N-ethyl adjacent to an activating group) is 2. The zero-order valence-corrected chi connectivity index (χ0v) is 12.3. The molecule has 20 heavy (non-hydrogen) atoms. The van der Waals surface area contributed by atoms with E-state index < -0.39 is 11.4 Å². The highest BCUT2D eigenvalue weighted by molar-refractivity contribution is 5.85. The lowest BCUT2D eigenvalue weighted by molar-refractivity contribution is -0.148. The van der Waals surface area contributed by atoms with Crippen molar-refractivity contribution in [3.63, 3.8) is 0 Å². The van der Waals surface area contributed by atoms with Crippen LogP contribution in [-0.4, -0.2) is 66.0 Å². The molecule has 3 amide bonds. The minimum atomic E-state index is -0.860. The summed E-state index contributed by atoms with van der Waals surface area (Å²) in [4.78, 5) is 37.8. The van der Waals surface area contributed by atoms with Crippen LogP contribution in [0.15, 0.2) is 0 Å². The molecular formula is C13H23N3O4. The van der Waals surface area contributed by atoms with Crippen LogP contribution in [0.25, 0.3) is 0 Å². The fourth-order valence-corrected chi connectivity index (χ4v) is 2.43. The van der Waals surface area contributed by atoms with Gasteiger partial charge in [-0.2, -0.15) is 0 Å². The Labute approximate surface area is 118 Å². The zero-order valence-electron chi connectivity index (χ0n) is 12.3. The Balaban J connectivity index is 2.61. The van der Waals surface area contributed by atoms with Crippen LogP contribution in [0.5, 0.6) is 0 Å². The normalized spacial score (nSPS) is 21.6. The summed E-state index contributed by atoms with van der Waals surface area (Å²) in [5.41, 5.74) is -0.845. The van der Waals surface area contributed by atoms with Crippen molar-refractivity contribution >= 4 is 17.9 Å². The van der Waals surface area contributed by atoms with E-state index in [9.17, 15) is 19.5 Å². The Bertz CT molecular complexity index is 399. The number of carbonyl (C=O) groups is 3. The van der Waals surface area contributed by atoms with E-state index >= 15 is 0 Å². The molecule has 7 nitrogen and oxygen atoms in total. The van der Waals surface area contributed by atoms with Crippen molar-refractivity contribution in [2.45, 2.75) is 26.7 Å². The molecule has 0 aromatic heterocycles. The number of aliphatic carboxylic acids is 1. The molecule has 0 spiro atoms. The van der Waals surface area contributed by atoms with Gasteiger partial charge in [0.05, 0.1) is 5.41 Å². The van der Waals surface area contributed by atoms with E-state index in [2.05, 4.69) is 5.32 Å². The van der Waals surface area contributed by atoms with Crippen LogP contribution < -0.4 is 5.32 Å². The molecule has 1 fully saturated rings. The number of nitrogens with zero attached hydrogens (tertiary/aromatic N) is 2. The second-order valence-electron chi connectivity index (χ2n) is 5.20. The molecule has 1 atom stereocenters. The number of hydrogen-bond acceptors (Lipinski definition) is 3. The Morgan fingerprint density at radius 3 is 2.45 bits per heavy atom. The Hall–Kier alpha value is -1.79. The quantitative estimate of drug-likeness (QED) is 0.763. The molecule has 1 saturated heterocycles. The second-order valence-corrected chi connectivity index (χ2v) is 5.20. The minimum Gasteiger partial charge on any atom is -0.481 e. The van der Waals surface area contributed by atoms with Crippen molar-refractivity contribution in [2.24, 2.45) is 5.41 Å². The molecule has 114 valence electrons.